The molecule has 160 valence electrons. The van der Waals surface area contributed by atoms with Gasteiger partial charge in [0.25, 0.3) is 5.91 Å². The van der Waals surface area contributed by atoms with Gasteiger partial charge in [-0.1, -0.05) is 17.7 Å². The van der Waals surface area contributed by atoms with Crippen LogP contribution in [0.3, 0.4) is 0 Å². The number of benzene rings is 1. The highest BCUT2D eigenvalue weighted by molar-refractivity contribution is 6.31. The van der Waals surface area contributed by atoms with Crippen LogP contribution in [0.1, 0.15) is 28.7 Å². The van der Waals surface area contributed by atoms with Crippen molar-refractivity contribution in [3.05, 3.63) is 64.7 Å². The molecule has 0 atom stereocenters. The fraction of sp³-hybridized carbons (Fsp3) is 0.316. The second kappa shape index (κ2) is 8.78. The van der Waals surface area contributed by atoms with Crippen LogP contribution in [0, 0.1) is 0 Å². The number of aryl methyl sites for hydroxylation is 1. The summed E-state index contributed by atoms with van der Waals surface area (Å²) in [7, 11) is 1.60. The lowest BCUT2D eigenvalue weighted by atomic mass is 10.2. The molecule has 7 nitrogen and oxygen atoms in total. The fourth-order valence-corrected chi connectivity index (χ4v) is 2.86. The number of ether oxygens (including phenoxy) is 1. The van der Waals surface area contributed by atoms with Gasteiger partial charge in [0, 0.05) is 26.0 Å². The molecule has 3 rings (SSSR count). The number of halogens is 4. The Balaban J connectivity index is 1.61. The smallest absolute Gasteiger partial charge is 0.416 e. The molecule has 1 amide bonds. The van der Waals surface area contributed by atoms with E-state index in [2.05, 4.69) is 10.2 Å². The summed E-state index contributed by atoms with van der Waals surface area (Å²) in [5, 5.41) is 8.89. The van der Waals surface area contributed by atoms with Crippen molar-refractivity contribution in [2.75, 3.05) is 7.05 Å². The van der Waals surface area contributed by atoms with Crippen LogP contribution in [-0.4, -0.2) is 37.4 Å². The molecule has 0 spiro atoms. The van der Waals surface area contributed by atoms with Gasteiger partial charge in [-0.15, -0.1) is 0 Å². The maximum atomic E-state index is 12.8. The summed E-state index contributed by atoms with van der Waals surface area (Å²) < 4.78 is 46.7. The number of rotatable bonds is 7. The Kier molecular flexibility index (Phi) is 6.35. The molecular weight excluding hydrogens is 423 g/mol. The number of carbonyl (C=O) groups is 1. The van der Waals surface area contributed by atoms with Crippen molar-refractivity contribution in [2.24, 2.45) is 0 Å². The number of hydrogen-bond acceptors (Lipinski definition) is 4. The first kappa shape index (κ1) is 21.7. The maximum Gasteiger partial charge on any atom is 0.416 e. The van der Waals surface area contributed by atoms with E-state index in [1.807, 2.05) is 6.92 Å². The first-order chi connectivity index (χ1) is 14.2. The van der Waals surface area contributed by atoms with E-state index in [0.29, 0.717) is 17.3 Å². The van der Waals surface area contributed by atoms with Crippen LogP contribution in [0.25, 0.3) is 0 Å². The third-order valence-corrected chi connectivity index (χ3v) is 4.55. The molecule has 0 aliphatic heterocycles. The Labute approximate surface area is 175 Å². The van der Waals surface area contributed by atoms with Crippen molar-refractivity contribution in [1.29, 1.82) is 0 Å². The average Bonchev–Trinajstić information content (AvgIpc) is 3.32. The molecule has 1 aromatic carbocycles. The van der Waals surface area contributed by atoms with Gasteiger partial charge < -0.3 is 9.64 Å². The zero-order valence-corrected chi connectivity index (χ0v) is 17.0. The van der Waals surface area contributed by atoms with E-state index in [0.717, 1.165) is 12.1 Å². The van der Waals surface area contributed by atoms with Crippen LogP contribution in [0.15, 0.2) is 42.7 Å². The number of amides is 1. The highest BCUT2D eigenvalue weighted by Gasteiger charge is 2.30. The Morgan fingerprint density at radius 2 is 2.00 bits per heavy atom. The summed E-state index contributed by atoms with van der Waals surface area (Å²) in [6.07, 6.45) is -1.26. The summed E-state index contributed by atoms with van der Waals surface area (Å²) in [5.41, 5.74) is -0.0694. The summed E-state index contributed by atoms with van der Waals surface area (Å²) in [6.45, 7) is 2.65. The summed E-state index contributed by atoms with van der Waals surface area (Å²) in [6, 6.07) is 6.04. The Bertz CT molecular complexity index is 1030. The molecule has 0 unspecified atom stereocenters. The van der Waals surface area contributed by atoms with Crippen molar-refractivity contribution < 1.29 is 22.7 Å². The summed E-state index contributed by atoms with van der Waals surface area (Å²) >= 11 is 6.13. The van der Waals surface area contributed by atoms with Gasteiger partial charge in [0.1, 0.15) is 11.4 Å². The lowest BCUT2D eigenvalue weighted by molar-refractivity contribution is -0.137. The second-order valence-electron chi connectivity index (χ2n) is 6.48. The first-order valence-corrected chi connectivity index (χ1v) is 9.36. The molecule has 30 heavy (non-hydrogen) atoms. The quantitative estimate of drug-likeness (QED) is 0.554. The Morgan fingerprint density at radius 3 is 2.67 bits per heavy atom. The molecular formula is C19H19ClF3N5O2. The molecule has 0 N–H and O–H groups in total. The molecule has 2 heterocycles. The predicted molar refractivity (Wildman–Crippen MR) is 103 cm³/mol. The van der Waals surface area contributed by atoms with Gasteiger partial charge in [0.05, 0.1) is 17.1 Å². The van der Waals surface area contributed by atoms with Crippen LogP contribution in [0.2, 0.25) is 5.02 Å². The molecule has 0 saturated carbocycles. The molecule has 0 aliphatic rings. The van der Waals surface area contributed by atoms with Gasteiger partial charge in [-0.3, -0.25) is 9.48 Å². The molecule has 0 saturated heterocycles. The summed E-state index contributed by atoms with van der Waals surface area (Å²) in [5.74, 6) is -0.304. The lowest BCUT2D eigenvalue weighted by Gasteiger charge is -2.14. The van der Waals surface area contributed by atoms with Crippen molar-refractivity contribution >= 4 is 17.5 Å². The highest BCUT2D eigenvalue weighted by Crippen LogP contribution is 2.31. The van der Waals surface area contributed by atoms with Gasteiger partial charge in [-0.05, 0) is 31.2 Å². The topological polar surface area (TPSA) is 65.2 Å². The second-order valence-corrected chi connectivity index (χ2v) is 6.89. The molecule has 11 heteroatoms. The molecule has 0 fully saturated rings. The van der Waals surface area contributed by atoms with Gasteiger partial charge in [-0.25, -0.2) is 4.68 Å². The normalized spacial score (nSPS) is 11.5. The molecule has 0 aliphatic carbocycles. The van der Waals surface area contributed by atoms with Crippen molar-refractivity contribution in [3.8, 4) is 5.75 Å². The minimum atomic E-state index is -4.45. The minimum absolute atomic E-state index is 0.0477. The molecule has 2 aromatic heterocycles. The SMILES string of the molecule is CCn1cc(Cl)c(CN(C)C(=O)c2ccn(COc3cccc(C(F)(F)F)c3)n2)n1. The van der Waals surface area contributed by atoms with E-state index < -0.39 is 11.7 Å². The Morgan fingerprint density at radius 1 is 1.23 bits per heavy atom. The van der Waals surface area contributed by atoms with Gasteiger partial charge >= 0.3 is 6.18 Å². The summed E-state index contributed by atoms with van der Waals surface area (Å²) in [4.78, 5) is 14.0. The zero-order valence-electron chi connectivity index (χ0n) is 16.2. The van der Waals surface area contributed by atoms with Crippen molar-refractivity contribution in [1.82, 2.24) is 24.5 Å². The van der Waals surface area contributed by atoms with E-state index in [4.69, 9.17) is 16.3 Å². The van der Waals surface area contributed by atoms with Gasteiger partial charge in [0.15, 0.2) is 12.4 Å². The molecule has 3 aromatic rings. The third kappa shape index (κ3) is 5.12. The predicted octanol–water partition coefficient (Wildman–Crippen LogP) is 4.08. The van der Waals surface area contributed by atoms with Crippen LogP contribution in [0.5, 0.6) is 5.75 Å². The Hall–Kier alpha value is -3.01. The molecule has 0 radical (unpaired) electrons. The lowest BCUT2D eigenvalue weighted by Crippen LogP contribution is -2.27. The average molecular weight is 442 g/mol. The monoisotopic (exact) mass is 441 g/mol. The van der Waals surface area contributed by atoms with Gasteiger partial charge in [0.2, 0.25) is 0 Å². The van der Waals surface area contributed by atoms with Crippen molar-refractivity contribution in [2.45, 2.75) is 32.9 Å². The van der Waals surface area contributed by atoms with Crippen LogP contribution >= 0.6 is 11.6 Å². The van der Waals surface area contributed by atoms with E-state index >= 15 is 0 Å². The number of alkyl halides is 3. The maximum absolute atomic E-state index is 12.8. The van der Waals surface area contributed by atoms with Crippen LogP contribution in [-0.2, 0) is 26.0 Å². The zero-order chi connectivity index (χ0) is 21.9. The van der Waals surface area contributed by atoms with Crippen LogP contribution in [0.4, 0.5) is 13.2 Å². The minimum Gasteiger partial charge on any atom is -0.471 e. The van der Waals surface area contributed by atoms with Gasteiger partial charge in [-0.2, -0.15) is 23.4 Å². The van der Waals surface area contributed by atoms with Crippen LogP contribution < -0.4 is 4.74 Å². The number of hydrogen-bond donors (Lipinski definition) is 0. The third-order valence-electron chi connectivity index (χ3n) is 4.23. The number of carbonyl (C=O) groups excluding carboxylic acids is 1. The van der Waals surface area contributed by atoms with E-state index in [9.17, 15) is 18.0 Å². The number of aromatic nitrogens is 4. The highest BCUT2D eigenvalue weighted by atomic mass is 35.5. The van der Waals surface area contributed by atoms with E-state index in [1.54, 1.807) is 17.9 Å². The van der Waals surface area contributed by atoms with Crippen molar-refractivity contribution in [3.63, 3.8) is 0 Å². The standard InChI is InChI=1S/C19H19ClF3N5O2/c1-3-27-10-15(20)17(25-27)11-26(2)18(29)16-7-8-28(24-16)12-30-14-6-4-5-13(9-14)19(21,22)23/h4-10H,3,11-12H2,1-2H3. The van der Waals surface area contributed by atoms with E-state index in [1.165, 1.54) is 34.0 Å². The molecule has 0 bridgehead atoms. The largest absolute Gasteiger partial charge is 0.471 e. The number of nitrogens with zero attached hydrogens (tertiary/aromatic N) is 5. The first-order valence-electron chi connectivity index (χ1n) is 8.98. The van der Waals surface area contributed by atoms with E-state index in [-0.39, 0.29) is 30.6 Å². The fourth-order valence-electron chi connectivity index (χ4n) is 2.65.